The van der Waals surface area contributed by atoms with Gasteiger partial charge in [-0.05, 0) is 11.0 Å². The Morgan fingerprint density at radius 3 is 2.41 bits per heavy atom. The minimum atomic E-state index is -1.15. The number of benzene rings is 1. The Hall–Kier alpha value is -2.70. The van der Waals surface area contributed by atoms with Crippen LogP contribution < -0.4 is 5.32 Å². The summed E-state index contributed by atoms with van der Waals surface area (Å²) in [4.78, 5) is 26.0. The largest absolute Gasteiger partial charge is 0.480 e. The predicted octanol–water partition coefficient (Wildman–Crippen LogP) is 1.85. The molecule has 7 nitrogen and oxygen atoms in total. The smallest absolute Gasteiger partial charge is 0.322 e. The average Bonchev–Trinajstić information content (AvgIpc) is 2.93. The van der Waals surface area contributed by atoms with Gasteiger partial charge in [-0.15, -0.1) is 0 Å². The first-order chi connectivity index (χ1) is 10.3. The van der Waals surface area contributed by atoms with Gasteiger partial charge in [0.2, 0.25) is 5.82 Å². The van der Waals surface area contributed by atoms with Gasteiger partial charge in [-0.3, -0.25) is 9.59 Å². The molecule has 2 rings (SSSR count). The van der Waals surface area contributed by atoms with Crippen LogP contribution in [0, 0.1) is 0 Å². The summed E-state index contributed by atoms with van der Waals surface area (Å²) in [7, 11) is 0. The lowest BCUT2D eigenvalue weighted by atomic mass is 9.87. The number of rotatable bonds is 4. The molecule has 0 spiro atoms. The Bertz CT molecular complexity index is 684. The van der Waals surface area contributed by atoms with Crippen LogP contribution >= 0.6 is 0 Å². The highest BCUT2D eigenvalue weighted by molar-refractivity contribution is 5.91. The van der Waals surface area contributed by atoms with Crippen LogP contribution in [-0.4, -0.2) is 33.7 Å². The Morgan fingerprint density at radius 1 is 1.23 bits per heavy atom. The summed E-state index contributed by atoms with van der Waals surface area (Å²) >= 11 is 0. The molecule has 0 radical (unpaired) electrons. The van der Waals surface area contributed by atoms with E-state index in [2.05, 4.69) is 36.2 Å². The summed E-state index contributed by atoms with van der Waals surface area (Å²) in [5.41, 5.74) is 1.92. The second-order valence-corrected chi connectivity index (χ2v) is 5.83. The van der Waals surface area contributed by atoms with Crippen LogP contribution in [0.2, 0.25) is 0 Å². The van der Waals surface area contributed by atoms with Crippen LogP contribution in [0.25, 0.3) is 11.4 Å². The van der Waals surface area contributed by atoms with E-state index in [4.69, 9.17) is 9.63 Å². The maximum Gasteiger partial charge on any atom is 0.322 e. The zero-order valence-electron chi connectivity index (χ0n) is 12.6. The van der Waals surface area contributed by atoms with Gasteiger partial charge in [-0.2, -0.15) is 4.98 Å². The van der Waals surface area contributed by atoms with Crippen molar-refractivity contribution in [1.29, 1.82) is 0 Å². The van der Waals surface area contributed by atoms with Crippen molar-refractivity contribution in [3.63, 3.8) is 0 Å². The van der Waals surface area contributed by atoms with Gasteiger partial charge in [0.15, 0.2) is 0 Å². The van der Waals surface area contributed by atoms with Crippen LogP contribution in [0.5, 0.6) is 0 Å². The van der Waals surface area contributed by atoms with Gasteiger partial charge < -0.3 is 14.9 Å². The van der Waals surface area contributed by atoms with Gasteiger partial charge >= 0.3 is 17.8 Å². The fourth-order valence-corrected chi connectivity index (χ4v) is 1.78. The molecule has 22 heavy (non-hydrogen) atoms. The Kier molecular flexibility index (Phi) is 4.25. The topological polar surface area (TPSA) is 105 Å². The molecule has 0 fully saturated rings. The van der Waals surface area contributed by atoms with Crippen LogP contribution in [0.1, 0.15) is 37.0 Å². The number of amides is 1. The van der Waals surface area contributed by atoms with Crippen LogP contribution in [0.3, 0.4) is 0 Å². The van der Waals surface area contributed by atoms with Crippen molar-refractivity contribution in [2.45, 2.75) is 26.2 Å². The first-order valence-electron chi connectivity index (χ1n) is 6.72. The van der Waals surface area contributed by atoms with Crippen LogP contribution in [-0.2, 0) is 10.2 Å². The third-order valence-electron chi connectivity index (χ3n) is 3.03. The van der Waals surface area contributed by atoms with E-state index < -0.39 is 18.4 Å². The molecule has 1 aromatic heterocycles. The summed E-state index contributed by atoms with van der Waals surface area (Å²) in [6.45, 7) is 5.83. The molecule has 1 heterocycles. The maximum absolute atomic E-state index is 11.6. The number of carbonyl (C=O) groups excluding carboxylic acids is 1. The normalized spacial score (nSPS) is 11.2. The predicted molar refractivity (Wildman–Crippen MR) is 78.4 cm³/mol. The maximum atomic E-state index is 11.6. The number of nitrogens with zero attached hydrogens (tertiary/aromatic N) is 2. The summed E-state index contributed by atoms with van der Waals surface area (Å²) < 4.78 is 4.84. The van der Waals surface area contributed by atoms with E-state index in [0.29, 0.717) is 5.56 Å². The van der Waals surface area contributed by atoms with E-state index >= 15 is 0 Å². The third-order valence-corrected chi connectivity index (χ3v) is 3.03. The van der Waals surface area contributed by atoms with Crippen molar-refractivity contribution < 1.29 is 19.2 Å². The van der Waals surface area contributed by atoms with Gasteiger partial charge in [0.25, 0.3) is 0 Å². The second-order valence-electron chi connectivity index (χ2n) is 5.83. The molecule has 2 N–H and O–H groups in total. The average molecular weight is 303 g/mol. The molecular formula is C15H17N3O4. The molecule has 0 saturated heterocycles. The summed E-state index contributed by atoms with van der Waals surface area (Å²) in [5, 5.41) is 14.4. The van der Waals surface area contributed by atoms with Gasteiger partial charge in [-0.25, -0.2) is 0 Å². The number of carboxylic acids is 1. The molecule has 2 aromatic rings. The number of carboxylic acid groups (broad SMARTS) is 1. The van der Waals surface area contributed by atoms with Crippen LogP contribution in [0.4, 0.5) is 0 Å². The van der Waals surface area contributed by atoms with E-state index in [9.17, 15) is 9.59 Å². The first-order valence-corrected chi connectivity index (χ1v) is 6.72. The molecule has 0 aliphatic heterocycles. The van der Waals surface area contributed by atoms with Crippen molar-refractivity contribution >= 4 is 11.9 Å². The quantitative estimate of drug-likeness (QED) is 0.893. The third kappa shape index (κ3) is 3.69. The van der Waals surface area contributed by atoms with E-state index in [1.165, 1.54) is 5.56 Å². The van der Waals surface area contributed by atoms with Crippen LogP contribution in [0.15, 0.2) is 28.8 Å². The summed E-state index contributed by atoms with van der Waals surface area (Å²) in [6, 6.07) is 7.64. The highest BCUT2D eigenvalue weighted by atomic mass is 16.5. The number of hydrogen-bond donors (Lipinski definition) is 2. The zero-order chi connectivity index (χ0) is 16.3. The van der Waals surface area contributed by atoms with E-state index in [-0.39, 0.29) is 17.1 Å². The Morgan fingerprint density at radius 2 is 1.86 bits per heavy atom. The molecule has 0 aliphatic carbocycles. The number of carbonyl (C=O) groups is 2. The van der Waals surface area contributed by atoms with Gasteiger partial charge in [-0.1, -0.05) is 50.2 Å². The lowest BCUT2D eigenvalue weighted by molar-refractivity contribution is -0.135. The molecule has 0 atom stereocenters. The first kappa shape index (κ1) is 15.7. The zero-order valence-corrected chi connectivity index (χ0v) is 12.6. The second kappa shape index (κ2) is 5.97. The highest BCUT2D eigenvalue weighted by Gasteiger charge is 2.18. The fourth-order valence-electron chi connectivity index (χ4n) is 1.78. The van der Waals surface area contributed by atoms with E-state index in [0.717, 1.165) is 0 Å². The van der Waals surface area contributed by atoms with Crippen molar-refractivity contribution in [3.8, 4) is 11.4 Å². The van der Waals surface area contributed by atoms with E-state index in [1.807, 2.05) is 24.3 Å². The number of hydrogen-bond acceptors (Lipinski definition) is 5. The molecule has 1 amide bonds. The van der Waals surface area contributed by atoms with Crippen molar-refractivity contribution in [1.82, 2.24) is 15.5 Å². The highest BCUT2D eigenvalue weighted by Crippen LogP contribution is 2.24. The lowest BCUT2D eigenvalue weighted by Gasteiger charge is -2.18. The Labute approximate surface area is 127 Å². The molecule has 0 saturated carbocycles. The molecule has 0 unspecified atom stereocenters. The summed E-state index contributed by atoms with van der Waals surface area (Å²) in [5.74, 6) is -1.85. The summed E-state index contributed by atoms with van der Waals surface area (Å²) in [6.07, 6.45) is 0. The molecule has 0 bridgehead atoms. The molecule has 7 heteroatoms. The molecule has 116 valence electrons. The van der Waals surface area contributed by atoms with Gasteiger partial charge in [0.1, 0.15) is 6.54 Å². The number of nitrogens with one attached hydrogen (secondary N) is 1. The minimum Gasteiger partial charge on any atom is -0.480 e. The number of aromatic nitrogens is 2. The molecule has 0 aliphatic rings. The standard InChI is InChI=1S/C15H17N3O4/c1-15(2,3)10-6-4-9(5-7-10)12-17-14(22-18-12)13(21)16-8-11(19)20/h4-7H,8H2,1-3H3,(H,16,21)(H,19,20). The lowest BCUT2D eigenvalue weighted by Crippen LogP contribution is -2.29. The van der Waals surface area contributed by atoms with Crippen molar-refractivity contribution in [2.24, 2.45) is 0 Å². The minimum absolute atomic E-state index is 0.0393. The van der Waals surface area contributed by atoms with Gasteiger partial charge in [0, 0.05) is 5.56 Å². The van der Waals surface area contributed by atoms with E-state index in [1.54, 1.807) is 0 Å². The SMILES string of the molecule is CC(C)(C)c1ccc(-c2noc(C(=O)NCC(=O)O)n2)cc1. The number of aliphatic carboxylic acids is 1. The monoisotopic (exact) mass is 303 g/mol. The fraction of sp³-hybridized carbons (Fsp3) is 0.333. The molecule has 1 aromatic carbocycles. The van der Waals surface area contributed by atoms with Gasteiger partial charge in [0.05, 0.1) is 0 Å². The molecular weight excluding hydrogens is 286 g/mol. The van der Waals surface area contributed by atoms with Crippen molar-refractivity contribution in [2.75, 3.05) is 6.54 Å². The van der Waals surface area contributed by atoms with Crippen molar-refractivity contribution in [3.05, 3.63) is 35.7 Å². The Balaban J connectivity index is 2.14.